The van der Waals surface area contributed by atoms with Gasteiger partial charge in [0.25, 0.3) is 0 Å². The summed E-state index contributed by atoms with van der Waals surface area (Å²) < 4.78 is 310. The molecule has 6 rings (SSSR count). The molecule has 22 heteroatoms. The molecular formula is C35H10BF20P. The Morgan fingerprint density at radius 3 is 0.912 bits per heavy atom. The van der Waals surface area contributed by atoms with E-state index < -0.39 is 167 Å². The van der Waals surface area contributed by atoms with Crippen LogP contribution in [0, 0.1) is 116 Å². The van der Waals surface area contributed by atoms with Crippen molar-refractivity contribution in [2.75, 3.05) is 0 Å². The Morgan fingerprint density at radius 1 is 0.368 bits per heavy atom. The molecule has 0 spiro atoms. The number of halogens is 20. The van der Waals surface area contributed by atoms with Crippen LogP contribution < -0.4 is 21.5 Å². The van der Waals surface area contributed by atoms with Gasteiger partial charge in [-0.3, -0.25) is 0 Å². The Hall–Kier alpha value is -5.33. The molecule has 0 fully saturated rings. The van der Waals surface area contributed by atoms with Crippen LogP contribution in [-0.2, 0) is 0 Å². The van der Waals surface area contributed by atoms with Crippen molar-refractivity contribution >= 4 is 40.3 Å². The fraction of sp³-hybridized carbons (Fsp3) is 0.0286. The lowest BCUT2D eigenvalue weighted by Gasteiger charge is -2.41. The molecule has 0 amide bonds. The number of allylic oxidation sites excluding steroid dienone is 1. The molecule has 5 aromatic carbocycles. The Balaban J connectivity index is 2.13. The van der Waals surface area contributed by atoms with Crippen LogP contribution >= 0.6 is 7.26 Å². The molecule has 1 aliphatic heterocycles. The molecule has 0 atom stereocenters. The molecule has 0 unspecified atom stereocenters. The van der Waals surface area contributed by atoms with Gasteiger partial charge in [-0.2, -0.15) is 23.5 Å². The number of benzene rings is 5. The second-order valence-corrected chi connectivity index (χ2v) is 15.3. The van der Waals surface area contributed by atoms with Crippen LogP contribution in [0.25, 0.3) is 5.31 Å². The van der Waals surface area contributed by atoms with Crippen molar-refractivity contribution in [1.29, 1.82) is 0 Å². The molecule has 1 heterocycles. The average molecular weight is 852 g/mol. The first-order valence-corrected chi connectivity index (χ1v) is 17.0. The van der Waals surface area contributed by atoms with Gasteiger partial charge in [-0.25, -0.2) is 70.2 Å². The monoisotopic (exact) mass is 852 g/mol. The highest BCUT2D eigenvalue weighted by atomic mass is 31.2. The van der Waals surface area contributed by atoms with Crippen molar-refractivity contribution in [3.63, 3.8) is 0 Å². The molecule has 0 aromatic heterocycles. The van der Waals surface area contributed by atoms with E-state index in [1.807, 2.05) is 0 Å². The van der Waals surface area contributed by atoms with E-state index in [2.05, 4.69) is 0 Å². The van der Waals surface area contributed by atoms with Crippen molar-refractivity contribution < 1.29 is 87.8 Å². The Morgan fingerprint density at radius 2 is 0.632 bits per heavy atom. The van der Waals surface area contributed by atoms with Gasteiger partial charge in [-0.15, -0.1) is 10.9 Å². The maximum atomic E-state index is 16.4. The first-order valence-electron chi connectivity index (χ1n) is 15.2. The standard InChI is InChI=1S/C35H10BF20P/c1-2-11-36(12-14(37)18(41)22(45)19(42)15(12)38,13-16(39)20(43)23(46)21(44)17(13)40)8-10(9-6-4-3-5-7-9)57(11,34-30(53)26(49)24(47)27(50)31(34)54)35-32(55)28(51)25(48)29(52)33(35)56/h2-8H,1H3/b11-2-. The van der Waals surface area contributed by atoms with Crippen molar-refractivity contribution in [3.05, 3.63) is 170 Å². The van der Waals surface area contributed by atoms with Gasteiger partial charge in [0.1, 0.15) is 30.5 Å². The molecule has 298 valence electrons. The molecule has 1 aliphatic rings. The second kappa shape index (κ2) is 14.0. The van der Waals surface area contributed by atoms with E-state index in [0.717, 1.165) is 18.2 Å². The quantitative estimate of drug-likeness (QED) is 0.0544. The average Bonchev–Trinajstić information content (AvgIpc) is 3.48. The SMILES string of the molecule is C/C=C1/[B-](c2c(F)c(F)c(F)c(F)c2F)(c2c(F)c(F)c(F)c(F)c2F)C=C(c2ccccc2)[P+]1(c1c(F)c(F)c(F)c(F)c1F)c1c(F)c(F)c(F)c(F)c1F. The normalized spacial score (nSPS) is 15.5. The minimum Gasteiger partial charge on any atom is -0.207 e. The minimum atomic E-state index is -6.80. The highest BCUT2D eigenvalue weighted by Crippen LogP contribution is 2.79. The summed E-state index contributed by atoms with van der Waals surface area (Å²) in [6, 6.07) is 3.98. The van der Waals surface area contributed by atoms with E-state index in [0.29, 0.717) is 19.1 Å². The largest absolute Gasteiger partial charge is 0.208 e. The van der Waals surface area contributed by atoms with E-state index >= 15 is 70.2 Å². The maximum absolute atomic E-state index is 16.4. The van der Waals surface area contributed by atoms with Crippen LogP contribution in [0.15, 0.2) is 47.6 Å². The number of rotatable bonds is 5. The number of hydrogen-bond acceptors (Lipinski definition) is 0. The van der Waals surface area contributed by atoms with E-state index in [4.69, 9.17) is 0 Å². The summed E-state index contributed by atoms with van der Waals surface area (Å²) in [5.41, 5.74) is -6.47. The maximum Gasteiger partial charge on any atom is 0.208 e. The van der Waals surface area contributed by atoms with Crippen LogP contribution in [0.2, 0.25) is 0 Å². The zero-order chi connectivity index (χ0) is 42.5. The summed E-state index contributed by atoms with van der Waals surface area (Å²) in [4.78, 5) is 0. The molecule has 0 saturated carbocycles. The molecule has 5 aromatic rings. The van der Waals surface area contributed by atoms with E-state index in [-0.39, 0.29) is 12.1 Å². The zero-order valence-electron chi connectivity index (χ0n) is 27.1. The summed E-state index contributed by atoms with van der Waals surface area (Å²) in [5, 5.41) is -9.18. The Labute approximate surface area is 304 Å². The van der Waals surface area contributed by atoms with Crippen LogP contribution in [-0.4, -0.2) is 6.15 Å². The lowest BCUT2D eigenvalue weighted by atomic mass is 9.18. The second-order valence-electron chi connectivity index (χ2n) is 12.0. The van der Waals surface area contributed by atoms with E-state index in [1.54, 1.807) is 0 Å². The highest BCUT2D eigenvalue weighted by molar-refractivity contribution is 8.04. The minimum absolute atomic E-state index is 0.0353. The third-order valence-electron chi connectivity index (χ3n) is 9.43. The lowest BCUT2D eigenvalue weighted by molar-refractivity contribution is 0.382. The van der Waals surface area contributed by atoms with Gasteiger partial charge in [-0.05, 0) is 6.92 Å². The topological polar surface area (TPSA) is 0 Å². The Kier molecular flexibility index (Phi) is 10.1. The summed E-state index contributed by atoms with van der Waals surface area (Å²) in [5.74, 6) is -63.2. The summed E-state index contributed by atoms with van der Waals surface area (Å²) in [6.45, 7) is 0.374. The van der Waals surface area contributed by atoms with E-state index in [9.17, 15) is 17.6 Å². The van der Waals surface area contributed by atoms with Gasteiger partial charge in [-0.1, -0.05) is 41.6 Å². The highest BCUT2D eigenvalue weighted by Gasteiger charge is 2.67. The van der Waals surface area contributed by atoms with Gasteiger partial charge in [0.2, 0.25) is 58.2 Å². The number of hydrogen-bond donors (Lipinski definition) is 0. The Bertz CT molecular complexity index is 2400. The summed E-state index contributed by atoms with van der Waals surface area (Å²) in [7, 11) is -6.80. The lowest BCUT2D eigenvalue weighted by Crippen LogP contribution is -2.64. The smallest absolute Gasteiger partial charge is 0.207 e. The first kappa shape index (κ1) is 41.3. The first-order chi connectivity index (χ1) is 26.6. The van der Waals surface area contributed by atoms with E-state index in [1.165, 1.54) is 0 Å². The molecule has 57 heavy (non-hydrogen) atoms. The molecule has 0 radical (unpaired) electrons. The van der Waals surface area contributed by atoms with Crippen molar-refractivity contribution in [2.24, 2.45) is 0 Å². The van der Waals surface area contributed by atoms with Crippen LogP contribution in [0.4, 0.5) is 87.8 Å². The third kappa shape index (κ3) is 5.22. The van der Waals surface area contributed by atoms with Crippen molar-refractivity contribution in [3.8, 4) is 0 Å². The predicted octanol–water partition coefficient (Wildman–Crippen LogP) is 9.74. The third-order valence-corrected chi connectivity index (χ3v) is 14.1. The van der Waals surface area contributed by atoms with Crippen LogP contribution in [0.3, 0.4) is 0 Å². The summed E-state index contributed by atoms with van der Waals surface area (Å²) in [6.07, 6.45) is -5.84. The van der Waals surface area contributed by atoms with Crippen LogP contribution in [0.5, 0.6) is 0 Å². The fourth-order valence-corrected chi connectivity index (χ4v) is 12.7. The molecule has 0 N–H and O–H groups in total. The van der Waals surface area contributed by atoms with Gasteiger partial charge in [0.15, 0.2) is 51.7 Å². The molecule has 0 bridgehead atoms. The molecule has 0 aliphatic carbocycles. The predicted molar refractivity (Wildman–Crippen MR) is 164 cm³/mol. The zero-order valence-corrected chi connectivity index (χ0v) is 28.0. The summed E-state index contributed by atoms with van der Waals surface area (Å²) >= 11 is 0. The van der Waals surface area contributed by atoms with Gasteiger partial charge in [0.05, 0.1) is 5.31 Å². The molecular weight excluding hydrogens is 842 g/mol. The fourth-order valence-electron chi connectivity index (χ4n) is 7.27. The molecule has 0 nitrogen and oxygen atoms in total. The molecule has 0 saturated heterocycles. The van der Waals surface area contributed by atoms with Crippen molar-refractivity contribution in [2.45, 2.75) is 6.92 Å². The van der Waals surface area contributed by atoms with Gasteiger partial charge < -0.3 is 0 Å². The van der Waals surface area contributed by atoms with Gasteiger partial charge in [0, 0.05) is 5.56 Å². The van der Waals surface area contributed by atoms with Crippen molar-refractivity contribution in [1.82, 2.24) is 0 Å². The van der Waals surface area contributed by atoms with Crippen LogP contribution in [0.1, 0.15) is 12.5 Å². The van der Waals surface area contributed by atoms with Gasteiger partial charge >= 0.3 is 0 Å².